The molecule has 57 heavy (non-hydrogen) atoms. The zero-order valence-corrected chi connectivity index (χ0v) is 34.4. The Kier molecular flexibility index (Phi) is 17.2. The van der Waals surface area contributed by atoms with Gasteiger partial charge in [0.1, 0.15) is 17.6 Å². The second-order valence-electron chi connectivity index (χ2n) is 14.2. The van der Waals surface area contributed by atoms with E-state index in [1.165, 1.54) is 15.9 Å². The Bertz CT molecular complexity index is 1690. The van der Waals surface area contributed by atoms with Crippen molar-refractivity contribution < 1.29 is 56.5 Å². The summed E-state index contributed by atoms with van der Waals surface area (Å²) in [5.41, 5.74) is 0.568. The molecular formula is C38H55N6O12P. The van der Waals surface area contributed by atoms with E-state index >= 15 is 0 Å². The van der Waals surface area contributed by atoms with Gasteiger partial charge in [0.05, 0.1) is 30.7 Å². The topological polar surface area (TPSA) is 205 Å². The van der Waals surface area contributed by atoms with Gasteiger partial charge in [-0.15, -0.1) is 0 Å². The van der Waals surface area contributed by atoms with Crippen molar-refractivity contribution in [3.8, 4) is 11.4 Å². The third kappa shape index (κ3) is 13.5. The van der Waals surface area contributed by atoms with Crippen molar-refractivity contribution in [2.75, 3.05) is 77.6 Å². The summed E-state index contributed by atoms with van der Waals surface area (Å²) in [5, 5.41) is 2.69. The van der Waals surface area contributed by atoms with Crippen LogP contribution in [-0.4, -0.2) is 134 Å². The summed E-state index contributed by atoms with van der Waals surface area (Å²) in [6.45, 7) is 8.61. The molecule has 3 amide bonds. The van der Waals surface area contributed by atoms with Crippen molar-refractivity contribution in [1.82, 2.24) is 25.1 Å². The molecule has 2 unspecified atom stereocenters. The van der Waals surface area contributed by atoms with E-state index in [-0.39, 0.29) is 50.4 Å². The lowest BCUT2D eigenvalue weighted by atomic mass is 10.2. The number of esters is 2. The van der Waals surface area contributed by atoms with Gasteiger partial charge in [-0.2, -0.15) is 0 Å². The number of nitrogens with one attached hydrogen (secondary N) is 1. The van der Waals surface area contributed by atoms with Gasteiger partial charge >= 0.3 is 25.6 Å². The average molecular weight is 819 g/mol. The number of carbonyl (C=O) groups excluding carboxylic acids is 5. The molecule has 2 fully saturated rings. The maximum atomic E-state index is 14.4. The zero-order chi connectivity index (χ0) is 41.5. The Labute approximate surface area is 333 Å². The highest BCUT2D eigenvalue weighted by Gasteiger charge is 2.39. The van der Waals surface area contributed by atoms with Crippen molar-refractivity contribution >= 4 is 43.3 Å². The molecule has 0 bridgehead atoms. The van der Waals surface area contributed by atoms with Crippen LogP contribution in [-0.2, 0) is 46.9 Å². The molecule has 2 aliphatic heterocycles. The summed E-state index contributed by atoms with van der Waals surface area (Å²) in [4.78, 5) is 79.8. The molecule has 0 spiro atoms. The Morgan fingerprint density at radius 2 is 1.47 bits per heavy atom. The number of hydrogen-bond donors (Lipinski definition) is 1. The van der Waals surface area contributed by atoms with Gasteiger partial charge in [0.15, 0.2) is 5.82 Å². The summed E-state index contributed by atoms with van der Waals surface area (Å²) in [7, 11) is -2.86. The Morgan fingerprint density at radius 3 is 2.04 bits per heavy atom. The molecule has 2 atom stereocenters. The van der Waals surface area contributed by atoms with Crippen LogP contribution in [0.15, 0.2) is 36.4 Å². The third-order valence-corrected chi connectivity index (χ3v) is 11.0. The fourth-order valence-corrected chi connectivity index (χ4v) is 7.14. The Morgan fingerprint density at radius 1 is 0.860 bits per heavy atom. The molecule has 4 rings (SSSR count). The number of amides is 3. The molecule has 1 aromatic heterocycles. The van der Waals surface area contributed by atoms with Gasteiger partial charge in [-0.25, -0.2) is 14.8 Å². The largest absolute Gasteiger partial charge is 0.449 e. The maximum Gasteiger partial charge on any atom is 0.409 e. The number of anilines is 1. The summed E-state index contributed by atoms with van der Waals surface area (Å²) in [6, 6.07) is 9.02. The molecule has 0 saturated carbocycles. The third-order valence-electron chi connectivity index (χ3n) is 9.21. The number of ether oxygens (including phenoxy) is 4. The van der Waals surface area contributed by atoms with E-state index in [2.05, 4.69) is 10.3 Å². The van der Waals surface area contributed by atoms with Crippen molar-refractivity contribution in [1.29, 1.82) is 0 Å². The summed E-state index contributed by atoms with van der Waals surface area (Å²) >= 11 is 0. The lowest BCUT2D eigenvalue weighted by molar-refractivity contribution is -0.156. The van der Waals surface area contributed by atoms with Crippen LogP contribution in [0.1, 0.15) is 64.4 Å². The Hall–Kier alpha value is -4.64. The highest BCUT2D eigenvalue weighted by Crippen LogP contribution is 2.49. The summed E-state index contributed by atoms with van der Waals surface area (Å²) in [5.74, 6) is -3.08. The van der Waals surface area contributed by atoms with Gasteiger partial charge < -0.3 is 39.0 Å². The minimum atomic E-state index is -4.50. The lowest BCUT2D eigenvalue weighted by Gasteiger charge is -2.36. The number of methoxy groups -OCH3 is 1. The number of piperazine rings is 1. The second kappa shape index (κ2) is 21.8. The van der Waals surface area contributed by atoms with Crippen LogP contribution in [0.5, 0.6) is 0 Å². The number of rotatable bonds is 19. The molecule has 2 aromatic rings. The first-order chi connectivity index (χ1) is 27.2. The fraction of sp³-hybridized carbons (Fsp3) is 0.605. The molecule has 2 aliphatic rings. The van der Waals surface area contributed by atoms with Gasteiger partial charge in [0, 0.05) is 58.0 Å². The second-order valence-corrected chi connectivity index (χ2v) is 16.3. The van der Waals surface area contributed by atoms with Gasteiger partial charge in [-0.1, -0.05) is 71.4 Å². The van der Waals surface area contributed by atoms with E-state index in [0.717, 1.165) is 19.3 Å². The zero-order valence-electron chi connectivity index (χ0n) is 33.5. The van der Waals surface area contributed by atoms with E-state index < -0.39 is 75.1 Å². The number of aromatic nitrogens is 2. The molecule has 0 radical (unpaired) electrons. The van der Waals surface area contributed by atoms with Crippen molar-refractivity contribution in [2.24, 2.45) is 11.8 Å². The summed E-state index contributed by atoms with van der Waals surface area (Å²) in [6.07, 6.45) is 1.04. The van der Waals surface area contributed by atoms with E-state index in [1.54, 1.807) is 46.9 Å². The van der Waals surface area contributed by atoms with Crippen LogP contribution in [0.25, 0.3) is 11.4 Å². The highest BCUT2D eigenvalue weighted by molar-refractivity contribution is 7.54. The number of nitrogens with zero attached hydrogens (tertiary/aromatic N) is 5. The molecular weight excluding hydrogens is 763 g/mol. The number of benzene rings is 1. The Balaban J connectivity index is 1.65. The fourth-order valence-electron chi connectivity index (χ4n) is 5.73. The van der Waals surface area contributed by atoms with E-state index in [0.29, 0.717) is 24.5 Å². The van der Waals surface area contributed by atoms with Crippen LogP contribution >= 0.6 is 7.60 Å². The first-order valence-corrected chi connectivity index (χ1v) is 20.9. The number of unbranched alkanes of at least 4 members (excludes halogenated alkanes) is 1. The van der Waals surface area contributed by atoms with Crippen molar-refractivity contribution in [2.45, 2.75) is 66.0 Å². The highest BCUT2D eigenvalue weighted by atomic mass is 31.2. The van der Waals surface area contributed by atoms with Gasteiger partial charge in [-0.3, -0.25) is 32.8 Å². The minimum absolute atomic E-state index is 0.0353. The quantitative estimate of drug-likeness (QED) is 0.0697. The van der Waals surface area contributed by atoms with Gasteiger partial charge in [0.2, 0.25) is 19.5 Å². The number of carbonyl (C=O) groups is 5. The molecule has 1 aromatic carbocycles. The molecule has 2 saturated heterocycles. The average Bonchev–Trinajstić information content (AvgIpc) is 3.70. The van der Waals surface area contributed by atoms with Crippen LogP contribution in [0.2, 0.25) is 0 Å². The predicted octanol–water partition coefficient (Wildman–Crippen LogP) is 4.09. The smallest absolute Gasteiger partial charge is 0.409 e. The maximum absolute atomic E-state index is 14.4. The first-order valence-electron chi connectivity index (χ1n) is 19.2. The monoisotopic (exact) mass is 818 g/mol. The van der Waals surface area contributed by atoms with Crippen molar-refractivity contribution in [3.63, 3.8) is 0 Å². The molecule has 314 valence electrons. The molecule has 3 heterocycles. The van der Waals surface area contributed by atoms with Crippen molar-refractivity contribution in [3.05, 3.63) is 42.1 Å². The van der Waals surface area contributed by atoms with Gasteiger partial charge in [0.25, 0.3) is 5.91 Å². The number of hydrogen-bond acceptors (Lipinski definition) is 15. The van der Waals surface area contributed by atoms with Crippen LogP contribution in [0, 0.1) is 11.8 Å². The van der Waals surface area contributed by atoms with Crippen LogP contribution in [0.3, 0.4) is 0 Å². The van der Waals surface area contributed by atoms with Crippen LogP contribution in [0.4, 0.5) is 10.6 Å². The van der Waals surface area contributed by atoms with E-state index in [4.69, 9.17) is 33.0 Å². The van der Waals surface area contributed by atoms with Crippen LogP contribution < -0.4 is 10.2 Å². The summed E-state index contributed by atoms with van der Waals surface area (Å²) < 4.78 is 46.4. The lowest BCUT2D eigenvalue weighted by Crippen LogP contribution is -2.57. The molecule has 18 nitrogen and oxygen atoms in total. The van der Waals surface area contributed by atoms with E-state index in [1.807, 2.05) is 30.0 Å². The van der Waals surface area contributed by atoms with Gasteiger partial charge in [-0.05, 0) is 12.8 Å². The first kappa shape index (κ1) is 45.1. The SMILES string of the molecule is CCCCOC(=O)N1CCN(C(=O)C(CP(=O)(OCOC(=O)C(C)C)OCOC(=O)C(C)C)NC(=O)c2cc(N3CCC(OC)C3)nc(-c3ccccc3)n2)CC1. The minimum Gasteiger partial charge on any atom is -0.449 e. The molecule has 0 aliphatic carbocycles. The molecule has 19 heteroatoms. The van der Waals surface area contributed by atoms with E-state index in [9.17, 15) is 28.5 Å². The predicted molar refractivity (Wildman–Crippen MR) is 207 cm³/mol. The standard InChI is InChI=1S/C38H55N6O12P/c1-7-8-20-52-38(49)43-18-16-42(17-19-43)35(46)31(23-57(50,55-24-53-36(47)26(2)3)56-25-54-37(48)27(4)5)40-34(45)30-21-32(44-15-14-29(22-44)51-6)41-33(39-30)28-12-10-9-11-13-28/h9-13,21,26-27,29,31H,7-8,14-20,22-25H2,1-6H3,(H,40,45). The molecule has 1 N–H and O–H groups in total. The normalized spacial score (nSPS) is 16.4.